The number of ether oxygens (including phenoxy) is 1. The van der Waals surface area contributed by atoms with Crippen LogP contribution in [0.4, 0.5) is 11.4 Å². The van der Waals surface area contributed by atoms with Crippen LogP contribution in [0.2, 0.25) is 0 Å². The Bertz CT molecular complexity index is 1300. The molecule has 9 heteroatoms. The van der Waals surface area contributed by atoms with Crippen LogP contribution in [0.25, 0.3) is 0 Å². The summed E-state index contributed by atoms with van der Waals surface area (Å²) in [7, 11) is 1.21. The molecule has 3 aromatic carbocycles. The Morgan fingerprint density at radius 1 is 0.744 bits per heavy atom. The number of hydrogen-bond acceptors (Lipinski definition) is 6. The van der Waals surface area contributed by atoms with Gasteiger partial charge in [0.2, 0.25) is 5.91 Å². The lowest BCUT2D eigenvalue weighted by Gasteiger charge is -2.20. The number of anilines is 2. The van der Waals surface area contributed by atoms with Crippen LogP contribution in [0.15, 0.2) is 72.8 Å². The van der Waals surface area contributed by atoms with Gasteiger partial charge in [-0.1, -0.05) is 44.2 Å². The Kier molecular flexibility index (Phi) is 10.8. The molecule has 0 saturated heterocycles. The van der Waals surface area contributed by atoms with Crippen molar-refractivity contribution in [3.05, 3.63) is 95.1 Å². The molecule has 0 aromatic heterocycles. The average molecular weight is 531 g/mol. The van der Waals surface area contributed by atoms with Gasteiger partial charge < -0.3 is 20.7 Å². The first-order valence-corrected chi connectivity index (χ1v) is 12.8. The zero-order valence-electron chi connectivity index (χ0n) is 22.5. The van der Waals surface area contributed by atoms with Crippen molar-refractivity contribution in [3.63, 3.8) is 0 Å². The second kappa shape index (κ2) is 14.4. The number of rotatable bonds is 12. The van der Waals surface area contributed by atoms with E-state index in [0.29, 0.717) is 29.0 Å². The lowest BCUT2D eigenvalue weighted by Crippen LogP contribution is -2.26. The quantitative estimate of drug-likeness (QED) is 0.239. The minimum atomic E-state index is -0.639. The van der Waals surface area contributed by atoms with Crippen molar-refractivity contribution in [3.8, 4) is 0 Å². The van der Waals surface area contributed by atoms with Gasteiger partial charge in [0.05, 0.1) is 7.11 Å². The van der Waals surface area contributed by atoms with E-state index >= 15 is 0 Å². The number of nitrogens with zero attached hydrogens (tertiary/aromatic N) is 1. The summed E-state index contributed by atoms with van der Waals surface area (Å²) in [5.74, 6) is -1.76. The lowest BCUT2D eigenvalue weighted by atomic mass is 10.1. The van der Waals surface area contributed by atoms with E-state index < -0.39 is 18.3 Å². The van der Waals surface area contributed by atoms with Crippen LogP contribution in [0, 0.1) is 0 Å². The first-order valence-electron chi connectivity index (χ1n) is 12.8. The molecule has 3 N–H and O–H groups in total. The van der Waals surface area contributed by atoms with Crippen molar-refractivity contribution >= 4 is 35.1 Å². The van der Waals surface area contributed by atoms with Gasteiger partial charge in [-0.05, 0) is 66.7 Å². The number of amides is 3. The zero-order chi connectivity index (χ0) is 28.2. The second-order valence-electron chi connectivity index (χ2n) is 8.83. The molecular formula is C30H34N4O5. The number of nitrogens with one attached hydrogen (secondary N) is 3. The van der Waals surface area contributed by atoms with E-state index in [0.717, 1.165) is 25.2 Å². The molecular weight excluding hydrogens is 496 g/mol. The Morgan fingerprint density at radius 3 is 2.10 bits per heavy atom. The van der Waals surface area contributed by atoms with E-state index in [4.69, 9.17) is 0 Å². The highest BCUT2D eigenvalue weighted by atomic mass is 16.5. The van der Waals surface area contributed by atoms with Crippen LogP contribution in [0.5, 0.6) is 0 Å². The van der Waals surface area contributed by atoms with Crippen LogP contribution in [-0.2, 0) is 27.4 Å². The van der Waals surface area contributed by atoms with Gasteiger partial charge in [0, 0.05) is 35.6 Å². The van der Waals surface area contributed by atoms with Crippen molar-refractivity contribution in [2.24, 2.45) is 0 Å². The number of hydrogen-bond donors (Lipinski definition) is 3. The molecule has 3 amide bonds. The van der Waals surface area contributed by atoms with Crippen LogP contribution >= 0.6 is 0 Å². The van der Waals surface area contributed by atoms with E-state index in [1.54, 1.807) is 48.5 Å². The van der Waals surface area contributed by atoms with Gasteiger partial charge in [-0.3, -0.25) is 24.1 Å². The third-order valence-corrected chi connectivity index (χ3v) is 6.19. The monoisotopic (exact) mass is 530 g/mol. The normalized spacial score (nSPS) is 10.6. The number of carbonyl (C=O) groups is 4. The summed E-state index contributed by atoms with van der Waals surface area (Å²) in [6.07, 6.45) is -0.397. The van der Waals surface area contributed by atoms with Crippen LogP contribution < -0.4 is 16.0 Å². The second-order valence-corrected chi connectivity index (χ2v) is 8.83. The predicted molar refractivity (Wildman–Crippen MR) is 150 cm³/mol. The fourth-order valence-corrected chi connectivity index (χ4v) is 3.90. The van der Waals surface area contributed by atoms with Crippen LogP contribution in [0.3, 0.4) is 0 Å². The molecule has 204 valence electrons. The van der Waals surface area contributed by atoms with Gasteiger partial charge in [-0.25, -0.2) is 0 Å². The van der Waals surface area contributed by atoms with Crippen molar-refractivity contribution in [1.29, 1.82) is 0 Å². The molecule has 0 bridgehead atoms. The summed E-state index contributed by atoms with van der Waals surface area (Å²) in [4.78, 5) is 51.0. The first kappa shape index (κ1) is 29.1. The molecule has 0 fully saturated rings. The largest absolute Gasteiger partial charge is 0.469 e. The summed E-state index contributed by atoms with van der Waals surface area (Å²) in [5, 5.41) is 8.34. The summed E-state index contributed by atoms with van der Waals surface area (Å²) < 4.78 is 4.47. The molecule has 3 aromatic rings. The highest BCUT2D eigenvalue weighted by molar-refractivity contribution is 6.06. The molecule has 0 aliphatic carbocycles. The topological polar surface area (TPSA) is 117 Å². The van der Waals surface area contributed by atoms with Crippen LogP contribution in [-0.4, -0.2) is 48.8 Å². The van der Waals surface area contributed by atoms with Gasteiger partial charge >= 0.3 is 5.97 Å². The molecule has 0 heterocycles. The Morgan fingerprint density at radius 2 is 1.44 bits per heavy atom. The zero-order valence-corrected chi connectivity index (χ0v) is 22.5. The van der Waals surface area contributed by atoms with Gasteiger partial charge in [-0.2, -0.15) is 0 Å². The smallest absolute Gasteiger partial charge is 0.315 e. The van der Waals surface area contributed by atoms with E-state index in [9.17, 15) is 19.2 Å². The number of methoxy groups -OCH3 is 1. The highest BCUT2D eigenvalue weighted by Crippen LogP contribution is 2.16. The Labute approximate surface area is 228 Å². The lowest BCUT2D eigenvalue weighted by molar-refractivity contribution is -0.142. The van der Waals surface area contributed by atoms with Crippen molar-refractivity contribution < 1.29 is 23.9 Å². The fourth-order valence-electron chi connectivity index (χ4n) is 3.90. The molecule has 0 aliphatic heterocycles. The molecule has 9 nitrogen and oxygen atoms in total. The number of esters is 1. The molecule has 0 aliphatic rings. The molecule has 0 spiro atoms. The van der Waals surface area contributed by atoms with Crippen molar-refractivity contribution in [1.82, 2.24) is 10.2 Å². The Balaban J connectivity index is 1.59. The minimum Gasteiger partial charge on any atom is -0.469 e. The standard InChI is InChI=1S/C30H34N4O5/c1-4-34(5-2)20-24-10-7-6-9-23(24)19-31-29(37)22-11-8-12-26(17-22)33-30(38)21-13-15-25(16-14-21)32-27(35)18-28(36)39-3/h6-17H,4-5,18-20H2,1-3H3,(H,31,37)(H,32,35)(H,33,38). The van der Waals surface area contributed by atoms with E-state index in [1.165, 1.54) is 12.7 Å². The van der Waals surface area contributed by atoms with E-state index in [1.807, 2.05) is 18.2 Å². The summed E-state index contributed by atoms with van der Waals surface area (Å²) in [5.41, 5.74) is 3.95. The highest BCUT2D eigenvalue weighted by Gasteiger charge is 2.13. The number of benzene rings is 3. The minimum absolute atomic E-state index is 0.240. The SMILES string of the molecule is CCN(CC)Cc1ccccc1CNC(=O)c1cccc(NC(=O)c2ccc(NC(=O)CC(=O)OC)cc2)c1. The molecule has 0 saturated carbocycles. The third kappa shape index (κ3) is 8.79. The van der Waals surface area contributed by atoms with Crippen molar-refractivity contribution in [2.45, 2.75) is 33.4 Å². The molecule has 0 atom stereocenters. The fraction of sp³-hybridized carbons (Fsp3) is 0.267. The first-order chi connectivity index (χ1) is 18.8. The third-order valence-electron chi connectivity index (χ3n) is 6.19. The summed E-state index contributed by atoms with van der Waals surface area (Å²) >= 11 is 0. The summed E-state index contributed by atoms with van der Waals surface area (Å²) in [6, 6.07) is 21.0. The van der Waals surface area contributed by atoms with Gasteiger partial charge in [0.1, 0.15) is 6.42 Å². The average Bonchev–Trinajstić information content (AvgIpc) is 2.95. The van der Waals surface area contributed by atoms with Gasteiger partial charge in [0.25, 0.3) is 11.8 Å². The van der Waals surface area contributed by atoms with Crippen molar-refractivity contribution in [2.75, 3.05) is 30.8 Å². The van der Waals surface area contributed by atoms with Crippen LogP contribution in [0.1, 0.15) is 52.1 Å². The summed E-state index contributed by atoms with van der Waals surface area (Å²) in [6.45, 7) is 7.38. The van der Waals surface area contributed by atoms with Gasteiger partial charge in [-0.15, -0.1) is 0 Å². The predicted octanol–water partition coefficient (Wildman–Crippen LogP) is 4.21. The molecule has 0 unspecified atom stereocenters. The molecule has 3 rings (SSSR count). The Hall–Kier alpha value is -4.50. The maximum Gasteiger partial charge on any atom is 0.315 e. The molecule has 39 heavy (non-hydrogen) atoms. The van der Waals surface area contributed by atoms with Gasteiger partial charge in [0.15, 0.2) is 0 Å². The maximum atomic E-state index is 12.9. The number of carbonyl (C=O) groups excluding carboxylic acids is 4. The maximum absolute atomic E-state index is 12.9. The molecule has 0 radical (unpaired) electrons. The van der Waals surface area contributed by atoms with E-state index in [-0.39, 0.29) is 11.8 Å². The van der Waals surface area contributed by atoms with E-state index in [2.05, 4.69) is 45.5 Å².